The maximum Gasteiger partial charge on any atom is 0.335 e. The second kappa shape index (κ2) is 9.00. The molecule has 0 aliphatic carbocycles. The lowest BCUT2D eigenvalue weighted by molar-refractivity contribution is -0.271. The zero-order chi connectivity index (χ0) is 20.1. The molecule has 27 heavy (non-hydrogen) atoms. The molecule has 10 nitrogen and oxygen atoms in total. The van der Waals surface area contributed by atoms with Gasteiger partial charge in [0.2, 0.25) is 6.29 Å². The van der Waals surface area contributed by atoms with E-state index in [2.05, 4.69) is 0 Å². The van der Waals surface area contributed by atoms with Crippen LogP contribution in [-0.4, -0.2) is 73.3 Å². The van der Waals surface area contributed by atoms with E-state index in [1.54, 1.807) is 0 Å². The Morgan fingerprint density at radius 2 is 1.70 bits per heavy atom. The maximum atomic E-state index is 11.1. The number of hydrogen-bond donors (Lipinski definition) is 6. The highest BCUT2D eigenvalue weighted by molar-refractivity contribution is 5.73. The lowest BCUT2D eigenvalue weighted by Gasteiger charge is -2.38. The van der Waals surface area contributed by atoms with Gasteiger partial charge in [-0.05, 0) is 37.0 Å². The fourth-order valence-corrected chi connectivity index (χ4v) is 2.74. The first kappa shape index (κ1) is 20.9. The van der Waals surface area contributed by atoms with E-state index in [0.29, 0.717) is 24.8 Å². The number of aromatic hydroxyl groups is 1. The van der Waals surface area contributed by atoms with Crippen molar-refractivity contribution < 1.29 is 49.7 Å². The van der Waals surface area contributed by atoms with Gasteiger partial charge in [-0.15, -0.1) is 0 Å². The first-order valence-corrected chi connectivity index (χ1v) is 8.33. The second-order valence-corrected chi connectivity index (χ2v) is 6.29. The average molecular weight is 386 g/mol. The number of carbonyl (C=O) groups is 2. The van der Waals surface area contributed by atoms with E-state index in [1.807, 2.05) is 0 Å². The van der Waals surface area contributed by atoms with Crippen LogP contribution in [0.15, 0.2) is 18.2 Å². The molecule has 1 saturated heterocycles. The number of phenolic OH excluding ortho intramolecular Hbond substituents is 1. The monoisotopic (exact) mass is 386 g/mol. The molecule has 0 aromatic heterocycles. The number of benzene rings is 1. The summed E-state index contributed by atoms with van der Waals surface area (Å²) in [5.74, 6) is -2.52. The van der Waals surface area contributed by atoms with Crippen molar-refractivity contribution in [1.29, 1.82) is 0 Å². The van der Waals surface area contributed by atoms with Gasteiger partial charge in [-0.1, -0.05) is 0 Å². The van der Waals surface area contributed by atoms with Crippen LogP contribution in [0.25, 0.3) is 0 Å². The third kappa shape index (κ3) is 5.54. The fourth-order valence-electron chi connectivity index (χ4n) is 2.74. The number of unbranched alkanes of at least 4 members (excludes halogenated alkanes) is 1. The smallest absolute Gasteiger partial charge is 0.335 e. The third-order valence-corrected chi connectivity index (χ3v) is 4.12. The number of carboxylic acids is 2. The average Bonchev–Trinajstić information content (AvgIpc) is 2.58. The number of aryl methyl sites for hydroxylation is 1. The van der Waals surface area contributed by atoms with Crippen LogP contribution in [0.1, 0.15) is 24.8 Å². The number of aliphatic carboxylic acids is 2. The number of aliphatic hydroxyl groups excluding tert-OH is 3. The number of hydrogen-bond acceptors (Lipinski definition) is 8. The molecule has 1 aliphatic rings. The highest BCUT2D eigenvalue weighted by Crippen LogP contribution is 2.28. The van der Waals surface area contributed by atoms with E-state index in [-0.39, 0.29) is 17.9 Å². The predicted molar refractivity (Wildman–Crippen MR) is 88.2 cm³/mol. The molecule has 0 radical (unpaired) electrons. The number of ether oxygens (including phenoxy) is 2. The molecule has 5 atom stereocenters. The lowest BCUT2D eigenvalue weighted by atomic mass is 9.99. The molecule has 1 heterocycles. The van der Waals surface area contributed by atoms with Crippen LogP contribution in [0.3, 0.4) is 0 Å². The van der Waals surface area contributed by atoms with Crippen LogP contribution in [0.5, 0.6) is 11.5 Å². The Hall–Kier alpha value is -2.40. The summed E-state index contributed by atoms with van der Waals surface area (Å²) in [6.45, 7) is 0. The van der Waals surface area contributed by atoms with Crippen LogP contribution < -0.4 is 4.74 Å². The van der Waals surface area contributed by atoms with Crippen LogP contribution in [-0.2, 0) is 20.7 Å². The summed E-state index contributed by atoms with van der Waals surface area (Å²) in [5.41, 5.74) is 0.635. The Kier molecular flexibility index (Phi) is 6.97. The predicted octanol–water partition coefficient (Wildman–Crippen LogP) is -0.539. The second-order valence-electron chi connectivity index (χ2n) is 6.29. The van der Waals surface area contributed by atoms with Crippen molar-refractivity contribution in [1.82, 2.24) is 0 Å². The van der Waals surface area contributed by atoms with Crippen molar-refractivity contribution in [3.63, 3.8) is 0 Å². The Balaban J connectivity index is 2.07. The van der Waals surface area contributed by atoms with Crippen molar-refractivity contribution in [3.8, 4) is 11.5 Å². The molecule has 10 heteroatoms. The number of carboxylic acid groups (broad SMARTS) is 2. The quantitative estimate of drug-likeness (QED) is 0.318. The van der Waals surface area contributed by atoms with Gasteiger partial charge in [-0.3, -0.25) is 4.79 Å². The number of rotatable bonds is 8. The minimum Gasteiger partial charge on any atom is -0.508 e. The van der Waals surface area contributed by atoms with Gasteiger partial charge in [0.05, 0.1) is 0 Å². The van der Waals surface area contributed by atoms with Crippen LogP contribution in [0, 0.1) is 0 Å². The zero-order valence-corrected chi connectivity index (χ0v) is 14.3. The minimum absolute atomic E-state index is 0.0288. The molecule has 2 rings (SSSR count). The Labute approximate surface area is 154 Å². The van der Waals surface area contributed by atoms with Gasteiger partial charge < -0.3 is 40.1 Å². The molecule has 1 fully saturated rings. The van der Waals surface area contributed by atoms with Gasteiger partial charge in [0, 0.05) is 12.5 Å². The van der Waals surface area contributed by atoms with Crippen molar-refractivity contribution >= 4 is 11.9 Å². The van der Waals surface area contributed by atoms with Crippen LogP contribution in [0.2, 0.25) is 0 Å². The van der Waals surface area contributed by atoms with Gasteiger partial charge in [0.1, 0.15) is 29.8 Å². The Morgan fingerprint density at radius 3 is 2.33 bits per heavy atom. The van der Waals surface area contributed by atoms with E-state index in [9.17, 15) is 30.0 Å². The van der Waals surface area contributed by atoms with Crippen LogP contribution in [0.4, 0.5) is 0 Å². The van der Waals surface area contributed by atoms with E-state index in [1.165, 1.54) is 18.2 Å². The van der Waals surface area contributed by atoms with Gasteiger partial charge >= 0.3 is 11.9 Å². The summed E-state index contributed by atoms with van der Waals surface area (Å²) < 4.78 is 10.4. The molecular weight excluding hydrogens is 364 g/mol. The normalized spacial score (nSPS) is 27.9. The summed E-state index contributed by atoms with van der Waals surface area (Å²) in [5, 5.41) is 56.9. The highest BCUT2D eigenvalue weighted by Gasteiger charge is 2.48. The molecule has 1 aromatic rings. The van der Waals surface area contributed by atoms with E-state index in [4.69, 9.17) is 19.7 Å². The number of phenols is 1. The van der Waals surface area contributed by atoms with E-state index in [0.717, 1.165) is 0 Å². The molecule has 0 saturated carbocycles. The summed E-state index contributed by atoms with van der Waals surface area (Å²) in [7, 11) is 0. The van der Waals surface area contributed by atoms with Gasteiger partial charge in [0.25, 0.3) is 0 Å². The van der Waals surface area contributed by atoms with Gasteiger partial charge in [0.15, 0.2) is 6.10 Å². The fraction of sp³-hybridized carbons (Fsp3) is 0.529. The lowest BCUT2D eigenvalue weighted by Crippen LogP contribution is -2.61. The molecule has 150 valence electrons. The maximum absolute atomic E-state index is 11.1. The SMILES string of the molecule is O=C(O)CCCCc1cc(O)cc(O[C@@H]2O[C@H](C(=O)O)C(O)[C@H](O)C2O)c1. The minimum atomic E-state index is -1.83. The molecular formula is C17H22O10. The Morgan fingerprint density at radius 1 is 1.00 bits per heavy atom. The van der Waals surface area contributed by atoms with Crippen molar-refractivity contribution in [2.24, 2.45) is 0 Å². The zero-order valence-electron chi connectivity index (χ0n) is 14.3. The topological polar surface area (TPSA) is 174 Å². The summed E-state index contributed by atoms with van der Waals surface area (Å²) in [6, 6.07) is 4.19. The molecule has 0 amide bonds. The first-order valence-electron chi connectivity index (χ1n) is 8.33. The standard InChI is InChI=1S/C17H22O10/c18-9-5-8(3-1-2-4-11(19)20)6-10(7-9)26-17-14(23)12(21)13(22)15(27-17)16(24)25/h5-7,12-15,17-18,21-23H,1-4H2,(H,19,20)(H,24,25)/t12-,13?,14?,15-,17+/m0/s1. The summed E-state index contributed by atoms with van der Waals surface area (Å²) >= 11 is 0. The largest absolute Gasteiger partial charge is 0.508 e. The summed E-state index contributed by atoms with van der Waals surface area (Å²) in [6.07, 6.45) is -7.19. The van der Waals surface area contributed by atoms with E-state index >= 15 is 0 Å². The molecule has 1 aliphatic heterocycles. The molecule has 0 bridgehead atoms. The Bertz CT molecular complexity index is 676. The molecule has 2 unspecified atom stereocenters. The molecule has 6 N–H and O–H groups in total. The van der Waals surface area contributed by atoms with Crippen molar-refractivity contribution in [2.45, 2.75) is 56.4 Å². The number of aliphatic hydroxyl groups is 3. The van der Waals surface area contributed by atoms with Crippen LogP contribution >= 0.6 is 0 Å². The van der Waals surface area contributed by atoms with Gasteiger partial charge in [-0.2, -0.15) is 0 Å². The van der Waals surface area contributed by atoms with Gasteiger partial charge in [-0.25, -0.2) is 4.79 Å². The third-order valence-electron chi connectivity index (χ3n) is 4.12. The molecule has 1 aromatic carbocycles. The van der Waals surface area contributed by atoms with Crippen molar-refractivity contribution in [2.75, 3.05) is 0 Å². The van der Waals surface area contributed by atoms with Crippen molar-refractivity contribution in [3.05, 3.63) is 23.8 Å². The van der Waals surface area contributed by atoms with E-state index < -0.39 is 42.6 Å². The summed E-state index contributed by atoms with van der Waals surface area (Å²) in [4.78, 5) is 21.6. The first-order chi connectivity index (χ1) is 12.7. The highest BCUT2D eigenvalue weighted by atomic mass is 16.7. The molecule has 0 spiro atoms.